The van der Waals surface area contributed by atoms with Gasteiger partial charge in [0.15, 0.2) is 0 Å². The molecule has 1 atom stereocenters. The number of pyridine rings is 1. The number of carbonyl (C=O) groups excluding carboxylic acids is 1. The zero-order valence-corrected chi connectivity index (χ0v) is 15.0. The van der Waals surface area contributed by atoms with Gasteiger partial charge >= 0.3 is 6.03 Å². The van der Waals surface area contributed by atoms with Crippen LogP contribution in [0, 0.1) is 5.92 Å². The molecule has 1 aliphatic carbocycles. The lowest BCUT2D eigenvalue weighted by molar-refractivity contribution is 0.181. The highest BCUT2D eigenvalue weighted by molar-refractivity contribution is 9.10. The number of rotatable bonds is 5. The molecule has 1 aromatic rings. The van der Waals surface area contributed by atoms with E-state index in [0.29, 0.717) is 31.2 Å². The monoisotopic (exact) mass is 387 g/mol. The van der Waals surface area contributed by atoms with Crippen molar-refractivity contribution in [1.82, 2.24) is 15.6 Å². The average Bonchev–Trinajstić information content (AvgIpc) is 2.53. The number of amides is 2. The van der Waals surface area contributed by atoms with Gasteiger partial charge < -0.3 is 15.4 Å². The number of halogens is 2. The molecule has 2 rings (SSSR count). The van der Waals surface area contributed by atoms with E-state index in [2.05, 4.69) is 31.5 Å². The number of nitrogens with zero attached hydrogens (tertiary/aromatic N) is 1. The summed E-state index contributed by atoms with van der Waals surface area (Å²) in [5, 5.41) is 5.76. The van der Waals surface area contributed by atoms with Gasteiger partial charge in [0, 0.05) is 28.8 Å². The predicted octanol–water partition coefficient (Wildman–Crippen LogP) is 3.57. The Morgan fingerprint density at radius 1 is 1.48 bits per heavy atom. The van der Waals surface area contributed by atoms with Gasteiger partial charge in [0.25, 0.3) is 0 Å². The van der Waals surface area contributed by atoms with E-state index in [1.54, 1.807) is 13.3 Å². The van der Waals surface area contributed by atoms with Crippen molar-refractivity contribution in [2.45, 2.75) is 51.4 Å². The molecule has 0 aromatic carbocycles. The van der Waals surface area contributed by atoms with Crippen molar-refractivity contribution >= 4 is 22.0 Å². The SMILES string of the molecule is COc1ncc(Br)cc1CNC(=O)NC(C)C1CCC(F)CC1. The molecule has 0 spiro atoms. The van der Waals surface area contributed by atoms with Crippen LogP contribution in [0.5, 0.6) is 5.88 Å². The summed E-state index contributed by atoms with van der Waals surface area (Å²) in [6.07, 6.45) is 3.81. The summed E-state index contributed by atoms with van der Waals surface area (Å²) in [4.78, 5) is 16.2. The number of ether oxygens (including phenoxy) is 1. The van der Waals surface area contributed by atoms with E-state index >= 15 is 0 Å². The first-order chi connectivity index (χ1) is 11.0. The molecule has 7 heteroatoms. The zero-order chi connectivity index (χ0) is 16.8. The Balaban J connectivity index is 1.82. The van der Waals surface area contributed by atoms with Crippen molar-refractivity contribution in [3.8, 4) is 5.88 Å². The van der Waals surface area contributed by atoms with Crippen LogP contribution in [-0.2, 0) is 6.54 Å². The topological polar surface area (TPSA) is 63.2 Å². The van der Waals surface area contributed by atoms with E-state index in [4.69, 9.17) is 4.74 Å². The van der Waals surface area contributed by atoms with Crippen molar-refractivity contribution in [3.63, 3.8) is 0 Å². The Hall–Kier alpha value is -1.37. The predicted molar refractivity (Wildman–Crippen MR) is 90.2 cm³/mol. The second-order valence-electron chi connectivity index (χ2n) is 5.95. The first-order valence-electron chi connectivity index (χ1n) is 7.86. The standard InChI is InChI=1S/C16H23BrFN3O2/c1-10(11-3-5-14(18)6-4-11)21-16(22)20-8-12-7-13(17)9-19-15(12)23-2/h7,9-11,14H,3-6,8H2,1-2H3,(H2,20,21,22). The molecule has 1 unspecified atom stereocenters. The van der Waals surface area contributed by atoms with Gasteiger partial charge in [-0.3, -0.25) is 0 Å². The van der Waals surface area contributed by atoms with Crippen LogP contribution in [0.3, 0.4) is 0 Å². The van der Waals surface area contributed by atoms with Crippen LogP contribution >= 0.6 is 15.9 Å². The average molecular weight is 388 g/mol. The molecule has 23 heavy (non-hydrogen) atoms. The smallest absolute Gasteiger partial charge is 0.315 e. The van der Waals surface area contributed by atoms with Crippen LogP contribution in [0.1, 0.15) is 38.2 Å². The van der Waals surface area contributed by atoms with E-state index in [9.17, 15) is 9.18 Å². The summed E-state index contributed by atoms with van der Waals surface area (Å²) in [5.41, 5.74) is 0.794. The van der Waals surface area contributed by atoms with Gasteiger partial charge in [-0.15, -0.1) is 0 Å². The quantitative estimate of drug-likeness (QED) is 0.811. The molecular weight excluding hydrogens is 365 g/mol. The van der Waals surface area contributed by atoms with Gasteiger partial charge in [0.05, 0.1) is 7.11 Å². The van der Waals surface area contributed by atoms with Crippen molar-refractivity contribution in [2.24, 2.45) is 5.92 Å². The second kappa shape index (κ2) is 8.47. The maximum absolute atomic E-state index is 13.2. The van der Waals surface area contributed by atoms with Crippen molar-refractivity contribution in [2.75, 3.05) is 7.11 Å². The molecule has 0 radical (unpaired) electrons. The Bertz CT molecular complexity index is 536. The van der Waals surface area contributed by atoms with Gasteiger partial charge in [0.2, 0.25) is 5.88 Å². The summed E-state index contributed by atoms with van der Waals surface area (Å²) >= 11 is 3.35. The molecule has 0 saturated heterocycles. The van der Waals surface area contributed by atoms with E-state index in [0.717, 1.165) is 22.9 Å². The Morgan fingerprint density at radius 2 is 2.17 bits per heavy atom. The number of methoxy groups -OCH3 is 1. The summed E-state index contributed by atoms with van der Waals surface area (Å²) in [6, 6.07) is 1.66. The van der Waals surface area contributed by atoms with Gasteiger partial charge in [-0.1, -0.05) is 0 Å². The molecule has 128 valence electrons. The highest BCUT2D eigenvalue weighted by Crippen LogP contribution is 2.28. The third-order valence-electron chi connectivity index (χ3n) is 4.29. The minimum absolute atomic E-state index is 0.0324. The summed E-state index contributed by atoms with van der Waals surface area (Å²) in [5.74, 6) is 0.831. The van der Waals surface area contributed by atoms with E-state index in [1.165, 1.54) is 0 Å². The van der Waals surface area contributed by atoms with Crippen molar-refractivity contribution in [1.29, 1.82) is 0 Å². The number of hydrogen-bond donors (Lipinski definition) is 2. The number of hydrogen-bond acceptors (Lipinski definition) is 3. The first kappa shape index (κ1) is 18.0. The first-order valence-corrected chi connectivity index (χ1v) is 8.65. The number of nitrogens with one attached hydrogen (secondary N) is 2. The maximum atomic E-state index is 13.2. The molecule has 1 aromatic heterocycles. The lowest BCUT2D eigenvalue weighted by atomic mass is 9.84. The largest absolute Gasteiger partial charge is 0.481 e. The number of urea groups is 1. The van der Waals surface area contributed by atoms with E-state index in [-0.39, 0.29) is 12.1 Å². The summed E-state index contributed by atoms with van der Waals surface area (Å²) in [6.45, 7) is 2.30. The molecule has 5 nitrogen and oxygen atoms in total. The highest BCUT2D eigenvalue weighted by Gasteiger charge is 2.25. The number of carbonyl (C=O) groups is 1. The zero-order valence-electron chi connectivity index (χ0n) is 13.4. The molecule has 2 amide bonds. The fourth-order valence-electron chi connectivity index (χ4n) is 2.91. The Morgan fingerprint density at radius 3 is 2.83 bits per heavy atom. The van der Waals surface area contributed by atoms with Crippen LogP contribution in [0.2, 0.25) is 0 Å². The van der Waals surface area contributed by atoms with Gasteiger partial charge in [-0.25, -0.2) is 14.2 Å². The minimum Gasteiger partial charge on any atom is -0.481 e. The molecule has 1 heterocycles. The third kappa shape index (κ3) is 5.34. The fourth-order valence-corrected chi connectivity index (χ4v) is 3.29. The molecule has 0 bridgehead atoms. The summed E-state index contributed by atoms with van der Waals surface area (Å²) in [7, 11) is 1.54. The van der Waals surface area contributed by atoms with Gasteiger partial charge in [-0.2, -0.15) is 0 Å². The molecule has 2 N–H and O–H groups in total. The van der Waals surface area contributed by atoms with E-state index < -0.39 is 6.17 Å². The number of alkyl halides is 1. The lowest BCUT2D eigenvalue weighted by Gasteiger charge is -2.29. The molecule has 0 aliphatic heterocycles. The fraction of sp³-hybridized carbons (Fsp3) is 0.625. The molecule has 1 fully saturated rings. The van der Waals surface area contributed by atoms with Crippen molar-refractivity contribution < 1.29 is 13.9 Å². The Labute approximate surface area is 144 Å². The van der Waals surface area contributed by atoms with Crippen molar-refractivity contribution in [3.05, 3.63) is 22.3 Å². The normalized spacial score (nSPS) is 22.3. The van der Waals surface area contributed by atoms with Gasteiger partial charge in [-0.05, 0) is 60.5 Å². The maximum Gasteiger partial charge on any atom is 0.315 e. The number of aromatic nitrogens is 1. The van der Waals surface area contributed by atoms with Crippen LogP contribution in [0.15, 0.2) is 16.7 Å². The van der Waals surface area contributed by atoms with E-state index in [1.807, 2.05) is 13.0 Å². The highest BCUT2D eigenvalue weighted by atomic mass is 79.9. The third-order valence-corrected chi connectivity index (χ3v) is 4.73. The summed E-state index contributed by atoms with van der Waals surface area (Å²) < 4.78 is 19.2. The van der Waals surface area contributed by atoms with Crippen LogP contribution in [0.25, 0.3) is 0 Å². The molecule has 1 saturated carbocycles. The lowest BCUT2D eigenvalue weighted by Crippen LogP contribution is -2.44. The minimum atomic E-state index is -0.677. The molecular formula is C16H23BrFN3O2. The molecule has 1 aliphatic rings. The van der Waals surface area contributed by atoms with Crippen LogP contribution in [0.4, 0.5) is 9.18 Å². The second-order valence-corrected chi connectivity index (χ2v) is 6.87. The Kier molecular flexibility index (Phi) is 6.62. The van der Waals surface area contributed by atoms with Gasteiger partial charge in [0.1, 0.15) is 6.17 Å². The van der Waals surface area contributed by atoms with Crippen LogP contribution < -0.4 is 15.4 Å². The van der Waals surface area contributed by atoms with Crippen LogP contribution in [-0.4, -0.2) is 30.3 Å².